The van der Waals surface area contributed by atoms with Crippen molar-refractivity contribution in [1.82, 2.24) is 4.90 Å². The average molecular weight is 312 g/mol. The number of carbonyl (C=O) groups is 1. The summed E-state index contributed by atoms with van der Waals surface area (Å²) in [7, 11) is -0.689. The maximum Gasteiger partial charge on any atom is 0.253 e. The molecule has 1 aromatic carbocycles. The van der Waals surface area contributed by atoms with Crippen LogP contribution in [-0.2, 0) is 21.4 Å². The molecule has 1 fully saturated rings. The van der Waals surface area contributed by atoms with Crippen LogP contribution in [0.1, 0.15) is 35.2 Å². The van der Waals surface area contributed by atoms with E-state index in [2.05, 4.69) is 0 Å². The van der Waals surface area contributed by atoms with E-state index in [0.29, 0.717) is 11.1 Å². The van der Waals surface area contributed by atoms with E-state index in [0.717, 1.165) is 19.3 Å². The van der Waals surface area contributed by atoms with Gasteiger partial charge in [-0.3, -0.25) is 4.79 Å². The molecule has 0 unspecified atom stereocenters. The molecule has 0 spiro atoms. The van der Waals surface area contributed by atoms with Gasteiger partial charge in [0, 0.05) is 25.8 Å². The predicted molar refractivity (Wildman–Crippen MR) is 78.3 cm³/mol. The highest BCUT2D eigenvalue weighted by atomic mass is 32.2. The Morgan fingerprint density at radius 1 is 1.43 bits per heavy atom. The Labute approximate surface area is 124 Å². The van der Waals surface area contributed by atoms with Crippen LogP contribution in [-0.4, -0.2) is 39.4 Å². The van der Waals surface area contributed by atoms with Gasteiger partial charge < -0.3 is 9.64 Å². The molecule has 0 bridgehead atoms. The van der Waals surface area contributed by atoms with Crippen LogP contribution in [0.15, 0.2) is 23.1 Å². The fraction of sp³-hybridized carbons (Fsp3) is 0.500. The first-order valence-electron chi connectivity index (χ1n) is 6.76. The Morgan fingerprint density at radius 2 is 2.10 bits per heavy atom. The van der Waals surface area contributed by atoms with Gasteiger partial charge in [0.15, 0.2) is 0 Å². The number of nitrogens with two attached hydrogens (primary N) is 1. The molecule has 1 aromatic rings. The zero-order valence-electron chi connectivity index (χ0n) is 12.2. The summed E-state index contributed by atoms with van der Waals surface area (Å²) in [4.78, 5) is 14.0. The monoisotopic (exact) mass is 312 g/mol. The summed E-state index contributed by atoms with van der Waals surface area (Å²) in [5, 5.41) is 5.22. The third kappa shape index (κ3) is 3.42. The van der Waals surface area contributed by atoms with E-state index in [-0.39, 0.29) is 23.5 Å². The molecule has 0 aromatic heterocycles. The maximum absolute atomic E-state index is 12.4. The molecule has 1 amide bonds. The van der Waals surface area contributed by atoms with Gasteiger partial charge in [-0.2, -0.15) is 0 Å². The van der Waals surface area contributed by atoms with Gasteiger partial charge in [0.25, 0.3) is 5.91 Å². The fourth-order valence-electron chi connectivity index (χ4n) is 2.37. The maximum atomic E-state index is 12.4. The van der Waals surface area contributed by atoms with Crippen LogP contribution < -0.4 is 5.14 Å². The molecule has 0 aliphatic heterocycles. The molecule has 0 atom stereocenters. The summed E-state index contributed by atoms with van der Waals surface area (Å²) in [6.45, 7) is 0.124. The first-order chi connectivity index (χ1) is 9.84. The van der Waals surface area contributed by atoms with Crippen molar-refractivity contribution in [2.75, 3.05) is 14.2 Å². The van der Waals surface area contributed by atoms with Crippen LogP contribution in [0.4, 0.5) is 0 Å². The van der Waals surface area contributed by atoms with Crippen molar-refractivity contribution in [3.8, 4) is 0 Å². The lowest BCUT2D eigenvalue weighted by molar-refractivity contribution is 0.0651. The van der Waals surface area contributed by atoms with Gasteiger partial charge in [0.05, 0.1) is 11.5 Å². The van der Waals surface area contributed by atoms with Crippen molar-refractivity contribution in [3.05, 3.63) is 29.3 Å². The Morgan fingerprint density at radius 3 is 2.57 bits per heavy atom. The van der Waals surface area contributed by atoms with E-state index < -0.39 is 10.0 Å². The van der Waals surface area contributed by atoms with Gasteiger partial charge in [-0.15, -0.1) is 0 Å². The molecule has 6 nitrogen and oxygen atoms in total. The molecule has 0 saturated heterocycles. The van der Waals surface area contributed by atoms with E-state index in [1.165, 1.54) is 13.2 Å². The summed E-state index contributed by atoms with van der Waals surface area (Å²) in [6, 6.07) is 4.77. The first-order valence-corrected chi connectivity index (χ1v) is 8.31. The van der Waals surface area contributed by atoms with Crippen LogP contribution in [0.2, 0.25) is 0 Å². The van der Waals surface area contributed by atoms with E-state index >= 15 is 0 Å². The number of sulfonamides is 1. The van der Waals surface area contributed by atoms with Crippen molar-refractivity contribution in [2.45, 2.75) is 36.8 Å². The summed E-state index contributed by atoms with van der Waals surface area (Å²) >= 11 is 0. The number of amides is 1. The second-order valence-corrected chi connectivity index (χ2v) is 6.83. The van der Waals surface area contributed by atoms with Gasteiger partial charge in [-0.25, -0.2) is 13.6 Å². The number of primary sulfonamides is 1. The molecule has 1 saturated carbocycles. The highest BCUT2D eigenvalue weighted by Crippen LogP contribution is 2.26. The molecular formula is C14H20N2O4S. The number of nitrogens with zero attached hydrogens (tertiary/aromatic N) is 1. The zero-order chi connectivity index (χ0) is 15.6. The molecule has 116 valence electrons. The van der Waals surface area contributed by atoms with Gasteiger partial charge >= 0.3 is 0 Å². The highest BCUT2D eigenvalue weighted by molar-refractivity contribution is 7.89. The normalized spacial score (nSPS) is 15.6. The summed E-state index contributed by atoms with van der Waals surface area (Å²) < 4.78 is 28.3. The molecule has 0 heterocycles. The number of ether oxygens (including phenoxy) is 1. The van der Waals surface area contributed by atoms with Crippen LogP contribution >= 0.6 is 0 Å². The molecule has 0 radical (unpaired) electrons. The number of hydrogen-bond donors (Lipinski definition) is 1. The lowest BCUT2D eigenvalue weighted by Gasteiger charge is -2.34. The third-order valence-corrected chi connectivity index (χ3v) is 4.86. The minimum absolute atomic E-state index is 0.0581. The summed E-state index contributed by atoms with van der Waals surface area (Å²) in [6.07, 6.45) is 3.11. The number of hydrogen-bond acceptors (Lipinski definition) is 4. The molecule has 1 aliphatic rings. The number of methoxy groups -OCH3 is 1. The minimum Gasteiger partial charge on any atom is -0.380 e. The van der Waals surface area contributed by atoms with Crippen LogP contribution in [0.25, 0.3) is 0 Å². The van der Waals surface area contributed by atoms with E-state index in [9.17, 15) is 13.2 Å². The quantitative estimate of drug-likeness (QED) is 0.881. The Balaban J connectivity index is 2.34. The SMILES string of the molecule is COCc1ccc(C(=O)N(C)C2CCC2)cc1S(N)(=O)=O. The van der Waals surface area contributed by atoms with Crippen molar-refractivity contribution in [1.29, 1.82) is 0 Å². The minimum atomic E-state index is -3.90. The molecule has 21 heavy (non-hydrogen) atoms. The highest BCUT2D eigenvalue weighted by Gasteiger charge is 2.27. The second-order valence-electron chi connectivity index (χ2n) is 5.30. The third-order valence-electron chi connectivity index (χ3n) is 3.86. The molecular weight excluding hydrogens is 292 g/mol. The lowest BCUT2D eigenvalue weighted by Crippen LogP contribution is -2.41. The van der Waals surface area contributed by atoms with E-state index in [1.807, 2.05) is 0 Å². The molecule has 2 rings (SSSR count). The molecule has 2 N–H and O–H groups in total. The fourth-order valence-corrected chi connectivity index (χ4v) is 3.15. The van der Waals surface area contributed by atoms with Crippen molar-refractivity contribution < 1.29 is 17.9 Å². The first kappa shape index (κ1) is 15.9. The molecule has 1 aliphatic carbocycles. The second kappa shape index (κ2) is 6.13. The average Bonchev–Trinajstić information content (AvgIpc) is 2.35. The van der Waals surface area contributed by atoms with Crippen LogP contribution in [0, 0.1) is 0 Å². The summed E-state index contributed by atoms with van der Waals surface area (Å²) in [5.74, 6) is -0.187. The standard InChI is InChI=1S/C14H20N2O4S/c1-16(12-4-3-5-12)14(17)10-6-7-11(9-20-2)13(8-10)21(15,18)19/h6-8,12H,3-5,9H2,1-2H3,(H2,15,18,19). The smallest absolute Gasteiger partial charge is 0.253 e. The Bertz CT molecular complexity index is 638. The van der Waals surface area contributed by atoms with Gasteiger partial charge in [-0.05, 0) is 37.0 Å². The number of rotatable bonds is 5. The lowest BCUT2D eigenvalue weighted by atomic mass is 9.91. The Hall–Kier alpha value is -1.44. The zero-order valence-corrected chi connectivity index (χ0v) is 13.0. The van der Waals surface area contributed by atoms with E-state index in [1.54, 1.807) is 24.1 Å². The predicted octanol–water partition coefficient (Wildman–Crippen LogP) is 1.10. The van der Waals surface area contributed by atoms with Crippen molar-refractivity contribution in [2.24, 2.45) is 5.14 Å². The molecule has 7 heteroatoms. The van der Waals surface area contributed by atoms with E-state index in [4.69, 9.17) is 9.88 Å². The number of benzene rings is 1. The summed E-state index contributed by atoms with van der Waals surface area (Å²) in [5.41, 5.74) is 0.774. The van der Waals surface area contributed by atoms with Gasteiger partial charge in [0.2, 0.25) is 10.0 Å². The van der Waals surface area contributed by atoms with Gasteiger partial charge in [0.1, 0.15) is 0 Å². The number of carbonyl (C=O) groups excluding carboxylic acids is 1. The van der Waals surface area contributed by atoms with Crippen molar-refractivity contribution in [3.63, 3.8) is 0 Å². The topological polar surface area (TPSA) is 89.7 Å². The van der Waals surface area contributed by atoms with Gasteiger partial charge in [-0.1, -0.05) is 6.07 Å². The van der Waals surface area contributed by atoms with Crippen LogP contribution in [0.5, 0.6) is 0 Å². The largest absolute Gasteiger partial charge is 0.380 e. The Kier molecular flexibility index (Phi) is 4.65. The van der Waals surface area contributed by atoms with Crippen molar-refractivity contribution >= 4 is 15.9 Å². The van der Waals surface area contributed by atoms with Crippen LogP contribution in [0.3, 0.4) is 0 Å².